The Kier molecular flexibility index (Phi) is 19.0. The largest absolute Gasteiger partial charge is 0.493 e. The van der Waals surface area contributed by atoms with Gasteiger partial charge in [0.15, 0.2) is 11.5 Å². The number of nitrogens with zero attached hydrogens (tertiary/aromatic N) is 1. The predicted octanol–water partition coefficient (Wildman–Crippen LogP) is 4.39. The Morgan fingerprint density at radius 2 is 1.85 bits per heavy atom. The van der Waals surface area contributed by atoms with Gasteiger partial charge in [-0.2, -0.15) is 0 Å². The first kappa shape index (κ1) is 43.4. The number of hydrogen-bond donors (Lipinski definition) is 4. The number of hydrogen-bond acceptors (Lipinski definition) is 13. The van der Waals surface area contributed by atoms with Crippen LogP contribution in [0.4, 0.5) is 0 Å². The summed E-state index contributed by atoms with van der Waals surface area (Å²) in [5.74, 6) is -1.18. The Hall–Kier alpha value is -4.96. The highest BCUT2D eigenvalue weighted by atomic mass is 35.5. The maximum atomic E-state index is 12.4. The van der Waals surface area contributed by atoms with E-state index in [1.807, 2.05) is 12.2 Å². The first-order valence-electron chi connectivity index (χ1n) is 17.5. The van der Waals surface area contributed by atoms with Gasteiger partial charge < -0.3 is 44.4 Å². The molecule has 3 rings (SSSR count). The maximum Gasteiger partial charge on any atom is 0.330 e. The first-order valence-corrected chi connectivity index (χ1v) is 17.8. The summed E-state index contributed by atoms with van der Waals surface area (Å²) in [6.45, 7) is -0.552. The van der Waals surface area contributed by atoms with Crippen LogP contribution in [0.1, 0.15) is 50.5 Å². The molecule has 0 heterocycles. The standard InChI is InChI=1S/C38H47ClN2O13/c1-50-35-21-26(9-7-19-51-37(46)14-8-20-53-41(48)49)15-18-34(35)54-38(47)24-40-36(45)13-5-3-2-4-12-30-31(33(44)23-32(30)43)17-16-28(42)25-52-29-11-6-10-27(39)22-29/h2,4,6-7,9-11,15-18,21-22,28,30-33,42-44H,3,5,8,12-14,19-20,23-25H2,1H3,(H,40,45)/t28-,30-,31-,32+,33-/m1/s1. The molecule has 0 aliphatic heterocycles. The third-order valence-corrected chi connectivity index (χ3v) is 8.49. The van der Waals surface area contributed by atoms with E-state index in [0.29, 0.717) is 35.6 Å². The van der Waals surface area contributed by atoms with E-state index in [0.717, 1.165) is 0 Å². The fourth-order valence-electron chi connectivity index (χ4n) is 5.55. The minimum Gasteiger partial charge on any atom is -0.493 e. The number of esters is 2. The highest BCUT2D eigenvalue weighted by Gasteiger charge is 2.39. The van der Waals surface area contributed by atoms with E-state index in [1.165, 1.54) is 13.2 Å². The Balaban J connectivity index is 1.32. The van der Waals surface area contributed by atoms with Gasteiger partial charge in [-0.25, -0.2) is 4.79 Å². The third-order valence-electron chi connectivity index (χ3n) is 8.25. The second-order valence-electron chi connectivity index (χ2n) is 12.3. The van der Waals surface area contributed by atoms with Crippen LogP contribution in [0.2, 0.25) is 5.02 Å². The molecule has 2 aromatic carbocycles. The molecule has 1 saturated carbocycles. The topological polar surface area (TPSA) is 213 Å². The number of ether oxygens (including phenoxy) is 4. The summed E-state index contributed by atoms with van der Waals surface area (Å²) in [6.07, 6.45) is 10.2. The number of amides is 1. The number of nitrogens with one attached hydrogen (secondary N) is 1. The predicted molar refractivity (Wildman–Crippen MR) is 197 cm³/mol. The zero-order valence-electron chi connectivity index (χ0n) is 29.9. The molecule has 4 N–H and O–H groups in total. The smallest absolute Gasteiger partial charge is 0.330 e. The fraction of sp³-hybridized carbons (Fsp3) is 0.447. The van der Waals surface area contributed by atoms with Crippen molar-refractivity contribution >= 4 is 35.5 Å². The van der Waals surface area contributed by atoms with Crippen LogP contribution < -0.4 is 19.5 Å². The number of rotatable bonds is 23. The van der Waals surface area contributed by atoms with E-state index in [2.05, 4.69) is 10.2 Å². The van der Waals surface area contributed by atoms with E-state index in [1.54, 1.807) is 60.7 Å². The number of unbranched alkanes of at least 4 members (excludes halogenated alkanes) is 1. The number of aliphatic hydroxyl groups is 3. The average Bonchev–Trinajstić information content (AvgIpc) is 3.41. The molecule has 0 unspecified atom stereocenters. The van der Waals surface area contributed by atoms with Gasteiger partial charge >= 0.3 is 11.9 Å². The van der Waals surface area contributed by atoms with Gasteiger partial charge in [0.2, 0.25) is 5.91 Å². The molecule has 1 aliphatic rings. The van der Waals surface area contributed by atoms with Crippen molar-refractivity contribution in [3.8, 4) is 17.2 Å². The summed E-state index contributed by atoms with van der Waals surface area (Å²) in [6, 6.07) is 11.6. The van der Waals surface area contributed by atoms with E-state index in [-0.39, 0.29) is 81.3 Å². The van der Waals surface area contributed by atoms with Crippen LogP contribution in [0.5, 0.6) is 17.2 Å². The summed E-state index contributed by atoms with van der Waals surface area (Å²) in [7, 11) is 1.41. The molecule has 0 aromatic heterocycles. The highest BCUT2D eigenvalue weighted by molar-refractivity contribution is 6.30. The Labute approximate surface area is 318 Å². The Bertz CT molecular complexity index is 1620. The van der Waals surface area contributed by atoms with Gasteiger partial charge in [0.25, 0.3) is 5.09 Å². The van der Waals surface area contributed by atoms with Crippen LogP contribution in [0, 0.1) is 22.0 Å². The Morgan fingerprint density at radius 1 is 1.04 bits per heavy atom. The van der Waals surface area contributed by atoms with Crippen LogP contribution in [0.3, 0.4) is 0 Å². The van der Waals surface area contributed by atoms with Gasteiger partial charge in [0.05, 0.1) is 25.9 Å². The lowest BCUT2D eigenvalue weighted by Crippen LogP contribution is -2.31. The van der Waals surface area contributed by atoms with Crippen molar-refractivity contribution in [2.45, 2.75) is 63.3 Å². The zero-order chi connectivity index (χ0) is 39.3. The van der Waals surface area contributed by atoms with Crippen LogP contribution >= 0.6 is 11.6 Å². The molecule has 16 heteroatoms. The number of methoxy groups -OCH3 is 1. The lowest BCUT2D eigenvalue weighted by atomic mass is 9.89. The summed E-state index contributed by atoms with van der Waals surface area (Å²) >= 11 is 5.96. The van der Waals surface area contributed by atoms with E-state index < -0.39 is 35.3 Å². The van der Waals surface area contributed by atoms with Crippen molar-refractivity contribution in [3.63, 3.8) is 0 Å². The minimum atomic E-state index is -0.926. The van der Waals surface area contributed by atoms with Crippen LogP contribution in [0.25, 0.3) is 6.08 Å². The number of allylic oxidation sites excluding steroid dienone is 2. The number of carbonyl (C=O) groups is 3. The minimum absolute atomic E-state index is 0.00537. The monoisotopic (exact) mass is 774 g/mol. The molecular weight excluding hydrogens is 728 g/mol. The average molecular weight is 775 g/mol. The molecule has 15 nitrogen and oxygen atoms in total. The van der Waals surface area contributed by atoms with E-state index in [4.69, 9.17) is 30.5 Å². The molecule has 1 amide bonds. The SMILES string of the molecule is COc1cc(C=CCOC(=O)CCCO[N+](=O)[O-])ccc1OC(=O)CNC(=O)CCCC=CC[C@@H]1[C@@H](C=C[C@@H](O)COc2cccc(Cl)c2)[C@H](O)C[C@@H]1O. The molecule has 5 atom stereocenters. The molecule has 0 saturated heterocycles. The van der Waals surface area contributed by atoms with E-state index >= 15 is 0 Å². The molecule has 1 fully saturated rings. The number of benzene rings is 2. The van der Waals surface area contributed by atoms with Gasteiger partial charge in [0.1, 0.15) is 31.6 Å². The molecule has 0 radical (unpaired) electrons. The molecular formula is C38H47ClN2O13. The fourth-order valence-corrected chi connectivity index (χ4v) is 5.73. The van der Waals surface area contributed by atoms with Crippen LogP contribution in [-0.2, 0) is 24.0 Å². The second-order valence-corrected chi connectivity index (χ2v) is 12.8. The summed E-state index contributed by atoms with van der Waals surface area (Å²) in [5, 5.41) is 43.6. The first-order chi connectivity index (χ1) is 25.9. The molecule has 294 valence electrons. The zero-order valence-corrected chi connectivity index (χ0v) is 30.7. The van der Waals surface area contributed by atoms with Crippen molar-refractivity contribution in [1.29, 1.82) is 0 Å². The van der Waals surface area contributed by atoms with Crippen molar-refractivity contribution in [2.75, 3.05) is 33.5 Å². The van der Waals surface area contributed by atoms with Gasteiger partial charge in [-0.1, -0.05) is 54.1 Å². The van der Waals surface area contributed by atoms with E-state index in [9.17, 15) is 39.8 Å². The van der Waals surface area contributed by atoms with Crippen molar-refractivity contribution < 1.29 is 58.6 Å². The van der Waals surface area contributed by atoms with Crippen LogP contribution in [0.15, 0.2) is 72.8 Å². The number of aliphatic hydroxyl groups excluding tert-OH is 3. The van der Waals surface area contributed by atoms with Crippen LogP contribution in [-0.4, -0.2) is 90.0 Å². The van der Waals surface area contributed by atoms with Crippen molar-refractivity contribution in [3.05, 3.63) is 93.5 Å². The normalized spacial score (nSPS) is 18.8. The lowest BCUT2D eigenvalue weighted by Gasteiger charge is -2.19. The summed E-state index contributed by atoms with van der Waals surface area (Å²) in [4.78, 5) is 50.6. The maximum absolute atomic E-state index is 12.4. The second kappa shape index (κ2) is 23.7. The van der Waals surface area contributed by atoms with Crippen molar-refractivity contribution in [2.24, 2.45) is 11.8 Å². The van der Waals surface area contributed by atoms with Crippen molar-refractivity contribution in [1.82, 2.24) is 5.32 Å². The Morgan fingerprint density at radius 3 is 2.61 bits per heavy atom. The molecule has 1 aliphatic carbocycles. The quantitative estimate of drug-likeness (QED) is 0.0309. The lowest BCUT2D eigenvalue weighted by molar-refractivity contribution is -0.757. The number of halogens is 1. The third kappa shape index (κ3) is 16.4. The summed E-state index contributed by atoms with van der Waals surface area (Å²) in [5.41, 5.74) is 0.672. The molecule has 0 spiro atoms. The summed E-state index contributed by atoms with van der Waals surface area (Å²) < 4.78 is 21.3. The van der Waals surface area contributed by atoms with Gasteiger partial charge in [-0.3, -0.25) is 9.59 Å². The highest BCUT2D eigenvalue weighted by Crippen LogP contribution is 2.36. The number of carbonyl (C=O) groups excluding carboxylic acids is 3. The van der Waals surface area contributed by atoms with Gasteiger partial charge in [0, 0.05) is 30.2 Å². The molecule has 2 aromatic rings. The molecule has 0 bridgehead atoms. The van der Waals surface area contributed by atoms with Gasteiger partial charge in [-0.05, 0) is 73.6 Å². The molecule has 54 heavy (non-hydrogen) atoms. The van der Waals surface area contributed by atoms with Gasteiger partial charge in [-0.15, -0.1) is 10.1 Å².